The van der Waals surface area contributed by atoms with Crippen molar-refractivity contribution in [2.45, 2.75) is 19.9 Å². The first kappa shape index (κ1) is 21.9. The van der Waals surface area contributed by atoms with E-state index in [1.807, 2.05) is 0 Å². The summed E-state index contributed by atoms with van der Waals surface area (Å²) < 4.78 is 45.5. The van der Waals surface area contributed by atoms with E-state index in [1.54, 1.807) is 13.8 Å². The lowest BCUT2D eigenvalue weighted by molar-refractivity contribution is -0.150. The van der Waals surface area contributed by atoms with Crippen molar-refractivity contribution in [1.82, 2.24) is 5.32 Å². The molecule has 9 heteroatoms. The van der Waals surface area contributed by atoms with Gasteiger partial charge in [-0.2, -0.15) is 0 Å². The first-order chi connectivity index (χ1) is 13.7. The summed E-state index contributed by atoms with van der Waals surface area (Å²) in [4.78, 5) is 36.3. The maximum absolute atomic E-state index is 13.7. The van der Waals surface area contributed by atoms with Crippen LogP contribution >= 0.6 is 0 Å². The summed E-state index contributed by atoms with van der Waals surface area (Å²) in [5.41, 5.74) is -0.649. The van der Waals surface area contributed by atoms with Crippen LogP contribution in [0.3, 0.4) is 0 Å². The highest BCUT2D eigenvalue weighted by Gasteiger charge is 2.28. The second kappa shape index (κ2) is 9.72. The molecule has 0 bridgehead atoms. The van der Waals surface area contributed by atoms with E-state index in [0.717, 1.165) is 24.3 Å². The molecular formula is C20H19F3N2O4. The zero-order valence-electron chi connectivity index (χ0n) is 15.7. The Morgan fingerprint density at radius 1 is 1.00 bits per heavy atom. The van der Waals surface area contributed by atoms with E-state index in [2.05, 4.69) is 10.6 Å². The van der Waals surface area contributed by atoms with Crippen LogP contribution in [0.1, 0.15) is 24.2 Å². The molecular weight excluding hydrogens is 389 g/mol. The van der Waals surface area contributed by atoms with E-state index >= 15 is 0 Å². The van der Waals surface area contributed by atoms with Crippen molar-refractivity contribution >= 4 is 23.5 Å². The molecule has 0 unspecified atom stereocenters. The molecule has 6 nitrogen and oxygen atoms in total. The number of esters is 1. The third kappa shape index (κ3) is 6.06. The van der Waals surface area contributed by atoms with Gasteiger partial charge in [0.15, 0.2) is 6.61 Å². The van der Waals surface area contributed by atoms with E-state index in [4.69, 9.17) is 4.74 Å². The molecule has 2 amide bonds. The van der Waals surface area contributed by atoms with Gasteiger partial charge in [-0.3, -0.25) is 9.59 Å². The number of carbonyl (C=O) groups is 3. The largest absolute Gasteiger partial charge is 0.454 e. The monoisotopic (exact) mass is 408 g/mol. The van der Waals surface area contributed by atoms with Crippen LogP contribution in [0.4, 0.5) is 18.9 Å². The zero-order chi connectivity index (χ0) is 21.6. The van der Waals surface area contributed by atoms with Gasteiger partial charge in [-0.1, -0.05) is 26.0 Å². The Kier molecular flexibility index (Phi) is 7.35. The maximum atomic E-state index is 13.7. The second-order valence-electron chi connectivity index (χ2n) is 6.46. The SMILES string of the molecule is CC(C)[C@H](NC(=O)c1c(F)cccc1F)C(=O)OCC(=O)Nc1cccc(F)c1. The normalized spacial score (nSPS) is 11.7. The number of benzene rings is 2. The lowest BCUT2D eigenvalue weighted by Gasteiger charge is -2.21. The van der Waals surface area contributed by atoms with Crippen LogP contribution in [0.15, 0.2) is 42.5 Å². The van der Waals surface area contributed by atoms with Crippen LogP contribution in [0.25, 0.3) is 0 Å². The first-order valence-electron chi connectivity index (χ1n) is 8.66. The second-order valence-corrected chi connectivity index (χ2v) is 6.46. The summed E-state index contributed by atoms with van der Waals surface area (Å²) in [6.07, 6.45) is 0. The highest BCUT2D eigenvalue weighted by Crippen LogP contribution is 2.14. The Labute approximate surface area is 165 Å². The number of nitrogens with one attached hydrogen (secondary N) is 2. The van der Waals surface area contributed by atoms with Crippen molar-refractivity contribution < 1.29 is 32.3 Å². The zero-order valence-corrected chi connectivity index (χ0v) is 15.7. The fourth-order valence-electron chi connectivity index (χ4n) is 2.42. The fraction of sp³-hybridized carbons (Fsp3) is 0.250. The first-order valence-corrected chi connectivity index (χ1v) is 8.66. The number of anilines is 1. The van der Waals surface area contributed by atoms with Crippen LogP contribution in [0.5, 0.6) is 0 Å². The number of carbonyl (C=O) groups excluding carboxylic acids is 3. The number of halogens is 3. The standard InChI is InChI=1S/C20H19F3N2O4/c1-11(2)18(25-19(27)17-14(22)7-4-8-15(17)23)20(28)29-10-16(26)24-13-6-3-5-12(21)9-13/h3-9,11,18H,10H2,1-2H3,(H,24,26)(H,25,27)/t18-/m0/s1. The van der Waals surface area contributed by atoms with Gasteiger partial charge < -0.3 is 15.4 Å². The number of ether oxygens (including phenoxy) is 1. The minimum absolute atomic E-state index is 0.176. The fourth-order valence-corrected chi connectivity index (χ4v) is 2.42. The van der Waals surface area contributed by atoms with Gasteiger partial charge in [0.05, 0.1) is 0 Å². The average molecular weight is 408 g/mol. The molecule has 1 atom stereocenters. The lowest BCUT2D eigenvalue weighted by Crippen LogP contribution is -2.46. The Morgan fingerprint density at radius 2 is 1.62 bits per heavy atom. The molecule has 0 radical (unpaired) electrons. The molecule has 29 heavy (non-hydrogen) atoms. The molecule has 0 fully saturated rings. The summed E-state index contributed by atoms with van der Waals surface area (Å²) in [7, 11) is 0. The molecule has 0 aliphatic carbocycles. The van der Waals surface area contributed by atoms with Crippen molar-refractivity contribution in [2.75, 3.05) is 11.9 Å². The van der Waals surface area contributed by atoms with Crippen molar-refractivity contribution in [1.29, 1.82) is 0 Å². The quantitative estimate of drug-likeness (QED) is 0.690. The molecule has 154 valence electrons. The van der Waals surface area contributed by atoms with Gasteiger partial charge >= 0.3 is 5.97 Å². The predicted molar refractivity (Wildman–Crippen MR) is 98.4 cm³/mol. The smallest absolute Gasteiger partial charge is 0.329 e. The van der Waals surface area contributed by atoms with Gasteiger partial charge in [0, 0.05) is 5.69 Å². The highest BCUT2D eigenvalue weighted by atomic mass is 19.1. The van der Waals surface area contributed by atoms with Crippen molar-refractivity contribution in [3.05, 3.63) is 65.5 Å². The van der Waals surface area contributed by atoms with Gasteiger partial charge in [-0.25, -0.2) is 18.0 Å². The van der Waals surface area contributed by atoms with E-state index in [9.17, 15) is 27.6 Å². The third-order valence-electron chi connectivity index (χ3n) is 3.85. The van der Waals surface area contributed by atoms with Gasteiger partial charge in [0.25, 0.3) is 11.8 Å². The van der Waals surface area contributed by atoms with E-state index in [0.29, 0.717) is 0 Å². The summed E-state index contributed by atoms with van der Waals surface area (Å²) in [5.74, 6) is -6.01. The number of rotatable bonds is 7. The van der Waals surface area contributed by atoms with E-state index < -0.39 is 59.4 Å². The molecule has 0 saturated heterocycles. The minimum atomic E-state index is -1.25. The molecule has 2 rings (SSSR count). The summed E-state index contributed by atoms with van der Waals surface area (Å²) in [6, 6.07) is 6.81. The number of amides is 2. The van der Waals surface area contributed by atoms with Crippen molar-refractivity contribution in [3.63, 3.8) is 0 Å². The van der Waals surface area contributed by atoms with Gasteiger partial charge in [-0.15, -0.1) is 0 Å². The molecule has 0 aromatic heterocycles. The molecule has 2 aromatic carbocycles. The van der Waals surface area contributed by atoms with Crippen LogP contribution < -0.4 is 10.6 Å². The summed E-state index contributed by atoms with van der Waals surface area (Å²) in [5, 5.41) is 4.57. The van der Waals surface area contributed by atoms with Crippen LogP contribution in [-0.2, 0) is 14.3 Å². The van der Waals surface area contributed by atoms with Crippen molar-refractivity contribution in [2.24, 2.45) is 5.92 Å². The Bertz CT molecular complexity index is 898. The van der Waals surface area contributed by atoms with Crippen LogP contribution in [-0.4, -0.2) is 30.4 Å². The summed E-state index contributed by atoms with van der Waals surface area (Å²) >= 11 is 0. The average Bonchev–Trinajstić information content (AvgIpc) is 2.64. The van der Waals surface area contributed by atoms with Gasteiger partial charge in [-0.05, 0) is 36.2 Å². The number of hydrogen-bond donors (Lipinski definition) is 2. The Hall–Kier alpha value is -3.36. The maximum Gasteiger partial charge on any atom is 0.329 e. The van der Waals surface area contributed by atoms with Crippen LogP contribution in [0, 0.1) is 23.4 Å². The molecule has 2 aromatic rings. The molecule has 0 saturated carbocycles. The predicted octanol–water partition coefficient (Wildman–Crippen LogP) is 3.04. The summed E-state index contributed by atoms with van der Waals surface area (Å²) in [6.45, 7) is 2.47. The van der Waals surface area contributed by atoms with Crippen LogP contribution in [0.2, 0.25) is 0 Å². The molecule has 0 aliphatic rings. The van der Waals surface area contributed by atoms with Gasteiger partial charge in [0.2, 0.25) is 0 Å². The molecule has 0 aliphatic heterocycles. The molecule has 0 heterocycles. The lowest BCUT2D eigenvalue weighted by atomic mass is 10.0. The Balaban J connectivity index is 1.98. The minimum Gasteiger partial charge on any atom is -0.454 e. The van der Waals surface area contributed by atoms with E-state index in [1.165, 1.54) is 18.2 Å². The highest BCUT2D eigenvalue weighted by molar-refractivity contribution is 5.98. The van der Waals surface area contributed by atoms with Gasteiger partial charge in [0.1, 0.15) is 29.1 Å². The number of hydrogen-bond acceptors (Lipinski definition) is 4. The third-order valence-corrected chi connectivity index (χ3v) is 3.85. The molecule has 0 spiro atoms. The van der Waals surface area contributed by atoms with E-state index in [-0.39, 0.29) is 5.69 Å². The van der Waals surface area contributed by atoms with Crippen molar-refractivity contribution in [3.8, 4) is 0 Å². The topological polar surface area (TPSA) is 84.5 Å². The molecule has 2 N–H and O–H groups in total. The Morgan fingerprint density at radius 3 is 2.21 bits per heavy atom.